The lowest BCUT2D eigenvalue weighted by molar-refractivity contribution is -0.141. The summed E-state index contributed by atoms with van der Waals surface area (Å²) in [4.78, 5) is 23.4. The first-order valence-corrected chi connectivity index (χ1v) is 7.09. The number of rotatable bonds is 6. The summed E-state index contributed by atoms with van der Waals surface area (Å²) in [5, 5.41) is 12.0. The zero-order chi connectivity index (χ0) is 16.1. The van der Waals surface area contributed by atoms with E-state index in [1.165, 1.54) is 0 Å². The van der Waals surface area contributed by atoms with E-state index in [-0.39, 0.29) is 12.5 Å². The first-order chi connectivity index (χ1) is 10.5. The van der Waals surface area contributed by atoms with E-state index in [1.807, 2.05) is 30.3 Å². The molecular weight excluding hydrogens is 282 g/mol. The van der Waals surface area contributed by atoms with Gasteiger partial charge in [0.25, 0.3) is 5.91 Å². The van der Waals surface area contributed by atoms with Gasteiger partial charge in [0.2, 0.25) is 0 Å². The second kappa shape index (κ2) is 6.93. The number of hydrogen-bond acceptors (Lipinski definition) is 3. The van der Waals surface area contributed by atoms with Crippen molar-refractivity contribution in [2.45, 2.75) is 20.3 Å². The van der Waals surface area contributed by atoms with Crippen LogP contribution in [0.3, 0.4) is 0 Å². The van der Waals surface area contributed by atoms with Gasteiger partial charge in [-0.1, -0.05) is 30.3 Å². The molecule has 0 fully saturated rings. The fourth-order valence-corrected chi connectivity index (χ4v) is 2.31. The molecule has 2 rings (SSSR count). The predicted molar refractivity (Wildman–Crippen MR) is 81.8 cm³/mol. The number of carbonyl (C=O) groups excluding carboxylic acids is 1. The molecule has 1 aromatic carbocycles. The number of aryl methyl sites for hydroxylation is 2. The molecule has 116 valence electrons. The summed E-state index contributed by atoms with van der Waals surface area (Å²) >= 11 is 0. The number of carboxylic acids is 1. The molecule has 1 aromatic heterocycles. The van der Waals surface area contributed by atoms with Crippen LogP contribution in [-0.4, -0.2) is 23.5 Å². The van der Waals surface area contributed by atoms with Crippen LogP contribution in [0.4, 0.5) is 0 Å². The fourth-order valence-electron chi connectivity index (χ4n) is 2.31. The van der Waals surface area contributed by atoms with Gasteiger partial charge in [0, 0.05) is 6.54 Å². The third-order valence-electron chi connectivity index (χ3n) is 3.47. The van der Waals surface area contributed by atoms with Gasteiger partial charge in [-0.05, 0) is 31.9 Å². The molecule has 5 heteroatoms. The summed E-state index contributed by atoms with van der Waals surface area (Å²) in [5.41, 5.74) is 1.38. The molecule has 0 saturated heterocycles. The topological polar surface area (TPSA) is 79.5 Å². The lowest BCUT2D eigenvalue weighted by atomic mass is 9.99. The van der Waals surface area contributed by atoms with Crippen molar-refractivity contribution < 1.29 is 19.1 Å². The fraction of sp³-hybridized carbons (Fsp3) is 0.294. The van der Waals surface area contributed by atoms with Gasteiger partial charge < -0.3 is 14.8 Å². The van der Waals surface area contributed by atoms with Crippen molar-refractivity contribution in [3.63, 3.8) is 0 Å². The number of furan rings is 1. The maximum absolute atomic E-state index is 12.1. The van der Waals surface area contributed by atoms with E-state index < -0.39 is 11.9 Å². The number of hydrogen-bond donors (Lipinski definition) is 2. The minimum atomic E-state index is -0.927. The van der Waals surface area contributed by atoms with E-state index in [2.05, 4.69) is 5.32 Å². The quantitative estimate of drug-likeness (QED) is 0.859. The highest BCUT2D eigenvalue weighted by atomic mass is 16.4. The van der Waals surface area contributed by atoms with E-state index in [0.29, 0.717) is 23.5 Å². The highest BCUT2D eigenvalue weighted by Gasteiger charge is 2.20. The van der Waals surface area contributed by atoms with Crippen LogP contribution in [0.2, 0.25) is 0 Å². The Morgan fingerprint density at radius 3 is 2.45 bits per heavy atom. The second-order valence-corrected chi connectivity index (χ2v) is 5.26. The molecule has 22 heavy (non-hydrogen) atoms. The van der Waals surface area contributed by atoms with Gasteiger partial charge in [-0.15, -0.1) is 0 Å². The zero-order valence-corrected chi connectivity index (χ0v) is 12.6. The normalized spacial score (nSPS) is 11.9. The van der Waals surface area contributed by atoms with Crippen LogP contribution in [0.15, 0.2) is 40.8 Å². The molecule has 0 radical (unpaired) electrons. The average molecular weight is 301 g/mol. The van der Waals surface area contributed by atoms with E-state index in [4.69, 9.17) is 4.42 Å². The summed E-state index contributed by atoms with van der Waals surface area (Å²) in [5.74, 6) is -0.718. The molecule has 0 unspecified atom stereocenters. The Labute approximate surface area is 129 Å². The molecule has 0 spiro atoms. The molecule has 1 atom stereocenters. The SMILES string of the molecule is Cc1cc(C(=O)NC[C@H](Cc2ccccc2)C(=O)O)c(C)o1. The first kappa shape index (κ1) is 15.8. The maximum atomic E-state index is 12.1. The minimum Gasteiger partial charge on any atom is -0.481 e. The van der Waals surface area contributed by atoms with Crippen molar-refractivity contribution in [1.29, 1.82) is 0 Å². The number of benzene rings is 1. The number of aliphatic carboxylic acids is 1. The largest absolute Gasteiger partial charge is 0.481 e. The molecule has 2 aromatic rings. The van der Waals surface area contributed by atoms with E-state index in [1.54, 1.807) is 19.9 Å². The van der Waals surface area contributed by atoms with Crippen molar-refractivity contribution in [1.82, 2.24) is 5.32 Å². The van der Waals surface area contributed by atoms with Crippen LogP contribution in [0.25, 0.3) is 0 Å². The Kier molecular flexibility index (Phi) is 4.99. The second-order valence-electron chi connectivity index (χ2n) is 5.26. The van der Waals surface area contributed by atoms with Gasteiger partial charge >= 0.3 is 5.97 Å². The van der Waals surface area contributed by atoms with Crippen molar-refractivity contribution in [2.75, 3.05) is 6.54 Å². The summed E-state index contributed by atoms with van der Waals surface area (Å²) in [6.07, 6.45) is 0.375. The van der Waals surface area contributed by atoms with Crippen LogP contribution < -0.4 is 5.32 Å². The predicted octanol–water partition coefficient (Wildman–Crippen LogP) is 2.57. The summed E-state index contributed by atoms with van der Waals surface area (Å²) in [7, 11) is 0. The smallest absolute Gasteiger partial charge is 0.308 e. The molecule has 0 aliphatic carbocycles. The summed E-state index contributed by atoms with van der Waals surface area (Å²) in [6.45, 7) is 3.55. The molecular formula is C17H19NO4. The Morgan fingerprint density at radius 1 is 1.23 bits per heavy atom. The van der Waals surface area contributed by atoms with Crippen molar-refractivity contribution in [3.05, 3.63) is 59.0 Å². The Hall–Kier alpha value is -2.56. The standard InChI is InChI=1S/C17H19NO4/c1-11-8-15(12(2)22-11)16(19)18-10-14(17(20)21)9-13-6-4-3-5-7-13/h3-8,14H,9-10H2,1-2H3,(H,18,19)(H,20,21)/t14-/m0/s1. The van der Waals surface area contributed by atoms with E-state index in [9.17, 15) is 14.7 Å². The van der Waals surface area contributed by atoms with Crippen LogP contribution in [-0.2, 0) is 11.2 Å². The van der Waals surface area contributed by atoms with E-state index >= 15 is 0 Å². The molecule has 0 aliphatic rings. The highest BCUT2D eigenvalue weighted by molar-refractivity contribution is 5.95. The van der Waals surface area contributed by atoms with E-state index in [0.717, 1.165) is 5.56 Å². The van der Waals surface area contributed by atoms with Gasteiger partial charge in [0.05, 0.1) is 11.5 Å². The Bertz CT molecular complexity index is 661. The Balaban J connectivity index is 1.99. The van der Waals surface area contributed by atoms with Crippen LogP contribution in [0, 0.1) is 19.8 Å². The van der Waals surface area contributed by atoms with Gasteiger partial charge in [0.1, 0.15) is 11.5 Å². The van der Waals surface area contributed by atoms with Crippen LogP contribution in [0.5, 0.6) is 0 Å². The first-order valence-electron chi connectivity index (χ1n) is 7.09. The van der Waals surface area contributed by atoms with Crippen molar-refractivity contribution in [3.8, 4) is 0 Å². The molecule has 2 N–H and O–H groups in total. The number of nitrogens with one attached hydrogen (secondary N) is 1. The lowest BCUT2D eigenvalue weighted by Crippen LogP contribution is -2.34. The summed E-state index contributed by atoms with van der Waals surface area (Å²) < 4.78 is 5.31. The van der Waals surface area contributed by atoms with Gasteiger partial charge in [-0.3, -0.25) is 9.59 Å². The third kappa shape index (κ3) is 3.97. The lowest BCUT2D eigenvalue weighted by Gasteiger charge is -2.13. The summed E-state index contributed by atoms with van der Waals surface area (Å²) in [6, 6.07) is 11.0. The monoisotopic (exact) mass is 301 g/mol. The highest BCUT2D eigenvalue weighted by Crippen LogP contribution is 2.14. The van der Waals surface area contributed by atoms with Crippen LogP contribution in [0.1, 0.15) is 27.4 Å². The Morgan fingerprint density at radius 2 is 1.91 bits per heavy atom. The third-order valence-corrected chi connectivity index (χ3v) is 3.47. The molecule has 0 bridgehead atoms. The number of carbonyl (C=O) groups is 2. The van der Waals surface area contributed by atoms with Gasteiger partial charge in [0.15, 0.2) is 0 Å². The van der Waals surface area contributed by atoms with Crippen molar-refractivity contribution >= 4 is 11.9 Å². The van der Waals surface area contributed by atoms with Gasteiger partial charge in [-0.25, -0.2) is 0 Å². The molecule has 1 amide bonds. The number of amides is 1. The molecule has 0 saturated carbocycles. The molecule has 1 heterocycles. The maximum Gasteiger partial charge on any atom is 0.308 e. The molecule has 0 aliphatic heterocycles. The average Bonchev–Trinajstić information content (AvgIpc) is 2.82. The zero-order valence-electron chi connectivity index (χ0n) is 12.6. The van der Waals surface area contributed by atoms with Gasteiger partial charge in [-0.2, -0.15) is 0 Å². The van der Waals surface area contributed by atoms with Crippen molar-refractivity contribution in [2.24, 2.45) is 5.92 Å². The number of carboxylic acid groups (broad SMARTS) is 1. The minimum absolute atomic E-state index is 0.0761. The van der Waals surface area contributed by atoms with Crippen LogP contribution >= 0.6 is 0 Å². The molecule has 5 nitrogen and oxygen atoms in total.